The Labute approximate surface area is 171 Å². The molecule has 2 aromatic heterocycles. The van der Waals surface area contributed by atoms with Crippen LogP contribution in [0.15, 0.2) is 35.9 Å². The highest BCUT2D eigenvalue weighted by molar-refractivity contribution is 6.32. The van der Waals surface area contributed by atoms with Crippen molar-refractivity contribution in [1.29, 1.82) is 0 Å². The van der Waals surface area contributed by atoms with E-state index < -0.39 is 12.6 Å². The molecule has 0 radical (unpaired) electrons. The summed E-state index contributed by atoms with van der Waals surface area (Å²) in [5.41, 5.74) is 1.28. The van der Waals surface area contributed by atoms with Gasteiger partial charge in [0.05, 0.1) is 30.2 Å². The molecule has 0 saturated carbocycles. The van der Waals surface area contributed by atoms with Gasteiger partial charge in [-0.1, -0.05) is 16.8 Å². The van der Waals surface area contributed by atoms with Crippen molar-refractivity contribution in [2.45, 2.75) is 38.8 Å². The Morgan fingerprint density at radius 1 is 1.41 bits per heavy atom. The van der Waals surface area contributed by atoms with E-state index in [1.165, 1.54) is 16.7 Å². The van der Waals surface area contributed by atoms with Gasteiger partial charge in [-0.3, -0.25) is 9.78 Å². The molecule has 7 nitrogen and oxygen atoms in total. The van der Waals surface area contributed by atoms with E-state index in [4.69, 9.17) is 11.6 Å². The average molecular weight is 432 g/mol. The number of alkyl halides is 3. The van der Waals surface area contributed by atoms with E-state index >= 15 is 0 Å². The van der Waals surface area contributed by atoms with Crippen molar-refractivity contribution >= 4 is 28.9 Å². The summed E-state index contributed by atoms with van der Waals surface area (Å²) in [4.78, 5) is 22.9. The lowest BCUT2D eigenvalue weighted by molar-refractivity contribution is -0.135. The number of aromatic nitrogens is 3. The van der Waals surface area contributed by atoms with Crippen LogP contribution in [0.1, 0.15) is 32.6 Å². The minimum atomic E-state index is -4.26. The number of rotatable bonds is 9. The van der Waals surface area contributed by atoms with Crippen LogP contribution in [0.3, 0.4) is 0 Å². The van der Waals surface area contributed by atoms with Gasteiger partial charge in [-0.05, 0) is 31.9 Å². The summed E-state index contributed by atoms with van der Waals surface area (Å²) in [6.07, 6.45) is -0.769. The molecular weight excluding hydrogens is 411 g/mol. The van der Waals surface area contributed by atoms with Crippen molar-refractivity contribution in [3.05, 3.63) is 35.9 Å². The van der Waals surface area contributed by atoms with Crippen molar-refractivity contribution in [3.8, 4) is 5.69 Å². The van der Waals surface area contributed by atoms with E-state index in [0.717, 1.165) is 0 Å². The summed E-state index contributed by atoms with van der Waals surface area (Å²) in [7, 11) is 1.28. The van der Waals surface area contributed by atoms with Gasteiger partial charge in [0.2, 0.25) is 5.91 Å². The summed E-state index contributed by atoms with van der Waals surface area (Å²) in [6.45, 7) is 2.05. The molecule has 29 heavy (non-hydrogen) atoms. The Kier molecular flexibility index (Phi) is 8.00. The van der Waals surface area contributed by atoms with Gasteiger partial charge in [0.25, 0.3) is 0 Å². The van der Waals surface area contributed by atoms with Gasteiger partial charge in [0, 0.05) is 19.2 Å². The lowest BCUT2D eigenvalue weighted by Gasteiger charge is -2.20. The largest absolute Gasteiger partial charge is 0.399 e. The maximum absolute atomic E-state index is 12.8. The minimum absolute atomic E-state index is 0.000672. The third-order valence-electron chi connectivity index (χ3n) is 3.97. The molecule has 0 aromatic carbocycles. The summed E-state index contributed by atoms with van der Waals surface area (Å²) in [5, 5.41) is 8.02. The zero-order valence-electron chi connectivity index (χ0n) is 16.0. The molecule has 0 saturated heterocycles. The van der Waals surface area contributed by atoms with Gasteiger partial charge in [-0.25, -0.2) is 4.68 Å². The highest BCUT2D eigenvalue weighted by Gasteiger charge is 2.27. The number of nitrogens with zero attached hydrogens (tertiary/aromatic N) is 5. The molecule has 0 aliphatic carbocycles. The molecule has 11 heteroatoms. The number of hydrogen-bond acceptors (Lipinski definition) is 5. The Balaban J connectivity index is 2.13. The molecule has 158 valence electrons. The monoisotopic (exact) mass is 431 g/mol. The second kappa shape index (κ2) is 10.2. The first kappa shape index (κ1) is 22.7. The zero-order valence-corrected chi connectivity index (χ0v) is 16.7. The Hall–Kier alpha value is -2.62. The molecule has 1 amide bonds. The topological polar surface area (TPSA) is 72.6 Å². The number of halogens is 4. The van der Waals surface area contributed by atoms with Gasteiger partial charge in [0.1, 0.15) is 12.8 Å². The van der Waals surface area contributed by atoms with Crippen molar-refractivity contribution in [3.63, 3.8) is 0 Å². The van der Waals surface area contributed by atoms with Gasteiger partial charge in [-0.15, -0.1) is 0 Å². The smallest absolute Gasteiger partial charge is 0.389 e. The quantitative estimate of drug-likeness (QED) is 0.436. The number of oxime groups is 1. The van der Waals surface area contributed by atoms with Gasteiger partial charge in [0.15, 0.2) is 5.15 Å². The van der Waals surface area contributed by atoms with Crippen LogP contribution in [-0.4, -0.2) is 46.2 Å². The van der Waals surface area contributed by atoms with Gasteiger partial charge < -0.3 is 9.74 Å². The molecule has 2 rings (SSSR count). The molecule has 0 N–H and O–H groups in total. The predicted molar refractivity (Wildman–Crippen MR) is 103 cm³/mol. The summed E-state index contributed by atoms with van der Waals surface area (Å²) in [6, 6.07) is 3.52. The second-order valence-corrected chi connectivity index (χ2v) is 6.44. The third kappa shape index (κ3) is 6.74. The standard InChI is InChI=1S/C18H21ClF3N5O2/c1-3-26(15-12-27(24-17(15)19)14-7-5-9-23-11-14)16(28)10-13(25-29-2)6-4-8-18(20,21)22/h5,7,9,11-12H,3-4,6,8,10H2,1-2H3. The summed E-state index contributed by atoms with van der Waals surface area (Å²) in [5.74, 6) is -0.372. The normalized spacial score (nSPS) is 12.1. The van der Waals surface area contributed by atoms with Crippen LogP contribution in [0.25, 0.3) is 5.69 Å². The van der Waals surface area contributed by atoms with Crippen LogP contribution in [0.5, 0.6) is 0 Å². The zero-order chi connectivity index (χ0) is 21.4. The number of pyridine rings is 1. The molecule has 0 aliphatic heterocycles. The predicted octanol–water partition coefficient (Wildman–Crippen LogP) is 4.40. The molecule has 0 aliphatic rings. The molecule has 2 heterocycles. The fourth-order valence-corrected chi connectivity index (χ4v) is 2.92. The number of anilines is 1. The van der Waals surface area contributed by atoms with Gasteiger partial charge in [-0.2, -0.15) is 18.3 Å². The van der Waals surface area contributed by atoms with E-state index in [-0.39, 0.29) is 36.0 Å². The number of amides is 1. The number of carbonyl (C=O) groups is 1. The van der Waals surface area contributed by atoms with Crippen molar-refractivity contribution in [2.24, 2.45) is 5.16 Å². The van der Waals surface area contributed by atoms with Crippen molar-refractivity contribution in [2.75, 3.05) is 18.6 Å². The van der Waals surface area contributed by atoms with Crippen LogP contribution < -0.4 is 4.90 Å². The van der Waals surface area contributed by atoms with E-state index in [2.05, 4.69) is 20.1 Å². The Morgan fingerprint density at radius 2 is 2.17 bits per heavy atom. The fourth-order valence-electron chi connectivity index (χ4n) is 2.69. The summed E-state index contributed by atoms with van der Waals surface area (Å²) < 4.78 is 38.6. The van der Waals surface area contributed by atoms with Crippen LogP contribution in [0.2, 0.25) is 5.15 Å². The van der Waals surface area contributed by atoms with Crippen LogP contribution >= 0.6 is 11.6 Å². The molecule has 0 fully saturated rings. The van der Waals surface area contributed by atoms with Crippen LogP contribution in [0, 0.1) is 0 Å². The highest BCUT2D eigenvalue weighted by Crippen LogP contribution is 2.27. The lowest BCUT2D eigenvalue weighted by Crippen LogP contribution is -2.32. The first-order chi connectivity index (χ1) is 13.7. The van der Waals surface area contributed by atoms with Crippen molar-refractivity contribution < 1.29 is 22.8 Å². The van der Waals surface area contributed by atoms with E-state index in [1.54, 1.807) is 37.6 Å². The Morgan fingerprint density at radius 3 is 2.76 bits per heavy atom. The molecular formula is C18H21ClF3N5O2. The SMILES string of the molecule is CCN(C(=O)CC(CCCC(F)(F)F)=NOC)c1cn(-c2cccnc2)nc1Cl. The summed E-state index contributed by atoms with van der Waals surface area (Å²) >= 11 is 6.22. The molecule has 2 aromatic rings. The fraction of sp³-hybridized carbons (Fsp3) is 0.444. The second-order valence-electron chi connectivity index (χ2n) is 6.08. The minimum Gasteiger partial charge on any atom is -0.399 e. The molecule has 0 atom stereocenters. The Bertz CT molecular complexity index is 840. The molecule has 0 bridgehead atoms. The van der Waals surface area contributed by atoms with Crippen LogP contribution in [0.4, 0.5) is 18.9 Å². The number of carbonyl (C=O) groups excluding carboxylic acids is 1. The first-order valence-electron chi connectivity index (χ1n) is 8.86. The maximum Gasteiger partial charge on any atom is 0.389 e. The lowest BCUT2D eigenvalue weighted by atomic mass is 10.1. The van der Waals surface area contributed by atoms with Crippen molar-refractivity contribution in [1.82, 2.24) is 14.8 Å². The van der Waals surface area contributed by atoms with Gasteiger partial charge >= 0.3 is 6.18 Å². The van der Waals surface area contributed by atoms with Crippen LogP contribution in [-0.2, 0) is 9.63 Å². The van der Waals surface area contributed by atoms with E-state index in [1.807, 2.05) is 0 Å². The third-order valence-corrected chi connectivity index (χ3v) is 4.24. The molecule has 0 unspecified atom stereocenters. The number of hydrogen-bond donors (Lipinski definition) is 0. The molecule has 0 spiro atoms. The average Bonchev–Trinajstić information content (AvgIpc) is 3.04. The maximum atomic E-state index is 12.8. The van der Waals surface area contributed by atoms with E-state index in [9.17, 15) is 18.0 Å². The van der Waals surface area contributed by atoms with E-state index in [0.29, 0.717) is 17.9 Å². The first-order valence-corrected chi connectivity index (χ1v) is 9.24. The highest BCUT2D eigenvalue weighted by atomic mass is 35.5.